The Labute approximate surface area is 192 Å². The zero-order valence-corrected chi connectivity index (χ0v) is 19.0. The Morgan fingerprint density at radius 3 is 2.85 bits per heavy atom. The van der Waals surface area contributed by atoms with Crippen LogP contribution in [-0.2, 0) is 7.05 Å². The highest BCUT2D eigenvalue weighted by molar-refractivity contribution is 5.92. The third-order valence-electron chi connectivity index (χ3n) is 5.97. The minimum Gasteiger partial charge on any atom is -0.490 e. The van der Waals surface area contributed by atoms with Crippen molar-refractivity contribution in [2.24, 2.45) is 7.05 Å². The number of likely N-dealkylation sites (tertiary alicyclic amines) is 1. The number of aryl methyl sites for hydroxylation is 2. The van der Waals surface area contributed by atoms with Gasteiger partial charge in [-0.3, -0.25) is 4.79 Å². The number of imidazole rings is 1. The van der Waals surface area contributed by atoms with Gasteiger partial charge < -0.3 is 28.6 Å². The first kappa shape index (κ1) is 21.1. The largest absolute Gasteiger partial charge is 0.490 e. The van der Waals surface area contributed by atoms with Gasteiger partial charge in [-0.25, -0.2) is 9.97 Å². The van der Waals surface area contributed by atoms with Gasteiger partial charge in [0.2, 0.25) is 5.88 Å². The summed E-state index contributed by atoms with van der Waals surface area (Å²) in [6.07, 6.45) is 5.89. The van der Waals surface area contributed by atoms with Gasteiger partial charge in [0.15, 0.2) is 0 Å². The predicted molar refractivity (Wildman–Crippen MR) is 123 cm³/mol. The van der Waals surface area contributed by atoms with Gasteiger partial charge in [0.25, 0.3) is 5.91 Å². The van der Waals surface area contributed by atoms with Crippen molar-refractivity contribution in [3.8, 4) is 17.4 Å². The molecule has 2 aliphatic rings. The molecule has 4 heterocycles. The normalized spacial score (nSPS) is 17.5. The topological polar surface area (TPSA) is 82.0 Å². The lowest BCUT2D eigenvalue weighted by Crippen LogP contribution is -2.31. The molecule has 1 atom stereocenters. The molecule has 0 N–H and O–H groups in total. The quantitative estimate of drug-likeness (QED) is 0.592. The molecule has 0 aliphatic carbocycles. The Bertz CT molecular complexity index is 1180. The van der Waals surface area contributed by atoms with Crippen molar-refractivity contribution < 1.29 is 19.0 Å². The van der Waals surface area contributed by atoms with Crippen LogP contribution in [0.3, 0.4) is 0 Å². The second-order valence-electron chi connectivity index (χ2n) is 8.35. The number of carbonyl (C=O) groups excluding carboxylic acids is 1. The van der Waals surface area contributed by atoms with Gasteiger partial charge in [0.05, 0.1) is 44.1 Å². The molecule has 0 radical (unpaired) electrons. The number of rotatable bonds is 5. The van der Waals surface area contributed by atoms with Crippen LogP contribution in [0.25, 0.3) is 0 Å². The van der Waals surface area contributed by atoms with E-state index in [0.29, 0.717) is 37.8 Å². The molecule has 3 aromatic rings. The molecular formula is C24H27N5O4. The summed E-state index contributed by atoms with van der Waals surface area (Å²) < 4.78 is 19.2. The number of hydrogen-bond donors (Lipinski definition) is 0. The number of benzene rings is 1. The van der Waals surface area contributed by atoms with Crippen LogP contribution in [0.15, 0.2) is 43.0 Å². The van der Waals surface area contributed by atoms with Gasteiger partial charge >= 0.3 is 0 Å². The van der Waals surface area contributed by atoms with Crippen molar-refractivity contribution >= 4 is 17.3 Å². The minimum atomic E-state index is -0.0708. The average Bonchev–Trinajstić information content (AvgIpc) is 3.47. The number of ether oxygens (including phenoxy) is 3. The van der Waals surface area contributed by atoms with Crippen LogP contribution in [-0.4, -0.2) is 64.8 Å². The Kier molecular flexibility index (Phi) is 5.53. The highest BCUT2D eigenvalue weighted by Gasteiger charge is 2.30. The van der Waals surface area contributed by atoms with Crippen LogP contribution in [0.4, 0.5) is 11.4 Å². The SMILES string of the molecule is COc1ncc(N2CCOc3ccc(OC4CCN(C(=O)c5cn(C)cn5)C4)cc32)cc1C. The summed E-state index contributed by atoms with van der Waals surface area (Å²) in [5.74, 6) is 2.12. The number of hydrogen-bond acceptors (Lipinski definition) is 7. The standard InChI is InChI=1S/C24H27N5O4/c1-16-10-17(12-25-23(16)31-3)29-8-9-32-22-5-4-18(11-21(22)29)33-19-6-7-28(13-19)24(30)20-14-27(2)15-26-20/h4-5,10-12,14-15,19H,6-9,13H2,1-3H3. The van der Waals surface area contributed by atoms with E-state index < -0.39 is 0 Å². The van der Waals surface area contributed by atoms with Crippen molar-refractivity contribution in [2.45, 2.75) is 19.4 Å². The third kappa shape index (κ3) is 4.18. The van der Waals surface area contributed by atoms with E-state index in [2.05, 4.69) is 20.9 Å². The van der Waals surface area contributed by atoms with Gasteiger partial charge in [-0.1, -0.05) is 0 Å². The fourth-order valence-electron chi connectivity index (χ4n) is 4.33. The van der Waals surface area contributed by atoms with Gasteiger partial charge in [-0.2, -0.15) is 0 Å². The number of amides is 1. The van der Waals surface area contributed by atoms with E-state index in [9.17, 15) is 4.79 Å². The molecule has 1 amide bonds. The molecule has 1 fully saturated rings. The summed E-state index contributed by atoms with van der Waals surface area (Å²) in [4.78, 5) is 25.2. The number of aromatic nitrogens is 3. The number of pyridine rings is 1. The first-order chi connectivity index (χ1) is 16.0. The number of nitrogens with zero attached hydrogens (tertiary/aromatic N) is 5. The van der Waals surface area contributed by atoms with E-state index in [4.69, 9.17) is 14.2 Å². The van der Waals surface area contributed by atoms with Crippen LogP contribution in [0.2, 0.25) is 0 Å². The summed E-state index contributed by atoms with van der Waals surface area (Å²) in [5, 5.41) is 0. The molecule has 0 bridgehead atoms. The van der Waals surface area contributed by atoms with E-state index >= 15 is 0 Å². The van der Waals surface area contributed by atoms with Crippen molar-refractivity contribution in [3.63, 3.8) is 0 Å². The Morgan fingerprint density at radius 1 is 1.21 bits per heavy atom. The van der Waals surface area contributed by atoms with E-state index in [-0.39, 0.29) is 12.0 Å². The molecule has 2 aliphatic heterocycles. The molecule has 9 heteroatoms. The maximum Gasteiger partial charge on any atom is 0.274 e. The predicted octanol–water partition coefficient (Wildman–Crippen LogP) is 2.96. The molecule has 2 aromatic heterocycles. The van der Waals surface area contributed by atoms with E-state index in [1.807, 2.05) is 38.4 Å². The molecule has 1 aromatic carbocycles. The number of carbonyl (C=O) groups is 1. The highest BCUT2D eigenvalue weighted by atomic mass is 16.5. The van der Waals surface area contributed by atoms with Crippen LogP contribution >= 0.6 is 0 Å². The van der Waals surface area contributed by atoms with E-state index in [1.54, 1.807) is 29.1 Å². The average molecular weight is 450 g/mol. The minimum absolute atomic E-state index is 0.0610. The molecule has 172 valence electrons. The van der Waals surface area contributed by atoms with Gasteiger partial charge in [-0.15, -0.1) is 0 Å². The van der Waals surface area contributed by atoms with Crippen molar-refractivity contribution in [3.05, 3.63) is 54.2 Å². The molecule has 1 unspecified atom stereocenters. The Morgan fingerprint density at radius 2 is 2.09 bits per heavy atom. The first-order valence-corrected chi connectivity index (χ1v) is 11.0. The van der Waals surface area contributed by atoms with Gasteiger partial charge in [0, 0.05) is 37.8 Å². The van der Waals surface area contributed by atoms with E-state index in [0.717, 1.165) is 34.9 Å². The van der Waals surface area contributed by atoms with Crippen LogP contribution in [0, 0.1) is 6.92 Å². The highest BCUT2D eigenvalue weighted by Crippen LogP contribution is 2.40. The van der Waals surface area contributed by atoms with Gasteiger partial charge in [-0.05, 0) is 25.1 Å². The lowest BCUT2D eigenvalue weighted by atomic mass is 10.2. The Balaban J connectivity index is 1.31. The lowest BCUT2D eigenvalue weighted by molar-refractivity contribution is 0.0767. The third-order valence-corrected chi connectivity index (χ3v) is 5.97. The monoisotopic (exact) mass is 449 g/mol. The van der Waals surface area contributed by atoms with Crippen LogP contribution < -0.4 is 19.1 Å². The summed E-state index contributed by atoms with van der Waals surface area (Å²) in [5.41, 5.74) is 3.34. The second kappa shape index (κ2) is 8.65. The second-order valence-corrected chi connectivity index (χ2v) is 8.35. The van der Waals surface area contributed by atoms with Crippen LogP contribution in [0.5, 0.6) is 17.4 Å². The van der Waals surface area contributed by atoms with Crippen molar-refractivity contribution in [1.29, 1.82) is 0 Å². The number of fused-ring (bicyclic) bond motifs is 1. The zero-order valence-electron chi connectivity index (χ0n) is 19.0. The van der Waals surface area contributed by atoms with Crippen LogP contribution in [0.1, 0.15) is 22.5 Å². The Hall–Kier alpha value is -3.75. The lowest BCUT2D eigenvalue weighted by Gasteiger charge is -2.32. The zero-order chi connectivity index (χ0) is 22.9. The van der Waals surface area contributed by atoms with Crippen molar-refractivity contribution in [1.82, 2.24) is 19.4 Å². The fraction of sp³-hybridized carbons (Fsp3) is 0.375. The summed E-state index contributed by atoms with van der Waals surface area (Å²) in [7, 11) is 3.48. The molecule has 1 saturated heterocycles. The summed E-state index contributed by atoms with van der Waals surface area (Å²) in [6.45, 7) is 4.46. The molecular weight excluding hydrogens is 422 g/mol. The molecule has 9 nitrogen and oxygen atoms in total. The molecule has 5 rings (SSSR count). The molecule has 0 saturated carbocycles. The number of methoxy groups -OCH3 is 1. The maximum atomic E-state index is 12.7. The molecule has 33 heavy (non-hydrogen) atoms. The number of anilines is 2. The first-order valence-electron chi connectivity index (χ1n) is 11.0. The molecule has 0 spiro atoms. The smallest absolute Gasteiger partial charge is 0.274 e. The van der Waals surface area contributed by atoms with Crippen molar-refractivity contribution in [2.75, 3.05) is 38.3 Å². The fourth-order valence-corrected chi connectivity index (χ4v) is 4.33. The maximum absolute atomic E-state index is 12.7. The van der Waals surface area contributed by atoms with E-state index in [1.165, 1.54) is 0 Å². The van der Waals surface area contributed by atoms with Gasteiger partial charge in [0.1, 0.15) is 29.9 Å². The summed E-state index contributed by atoms with van der Waals surface area (Å²) >= 11 is 0. The summed E-state index contributed by atoms with van der Waals surface area (Å²) in [6, 6.07) is 7.92.